The molecule has 0 saturated heterocycles. The maximum Gasteiger partial charge on any atom is 0.259 e. The van der Waals surface area contributed by atoms with Gasteiger partial charge in [0.15, 0.2) is 40.9 Å². The fourth-order valence-electron chi connectivity index (χ4n) is 17.2. The van der Waals surface area contributed by atoms with Gasteiger partial charge in [-0.15, -0.1) is 0 Å². The van der Waals surface area contributed by atoms with Crippen molar-refractivity contribution in [2.24, 2.45) is 7.05 Å². The SMILES string of the molecule is C=C(Nc1cccc(OC)c1)c1cccc2c1O[C@@H](C)CC(=O)N2.CC(C)Oc1cccc(NC(=O)c2cccc3c2O[C@H](C)CC(=O)N3)c1.COc1ccc(/C=C/c2cccc3c2O[C@@H](C)CC(=O)N3)cc1.C[C@@H]1CC(=O)Nc2cccc(-c3ccc4c(c3)c(C3CC3)nn4C)c2O1.C[C@@H]1CC(=O)Nc2cccc(C(=O)Nc3ccc(C#N)cc3)c2O1.C[C@H]1CC(=O)Nc2cccc(C(=O)Nc3cccc(-c4cnco4)c3)c2O1. The average Bonchev–Trinajstić information content (AvgIpc) is 1.61. The molecule has 0 bridgehead atoms. The number of nitrogens with zero attached hydrogens (tertiary/aromatic N) is 4. The van der Waals surface area contributed by atoms with Gasteiger partial charge < -0.3 is 100 Å². The van der Waals surface area contributed by atoms with Crippen LogP contribution < -0.4 is 95.8 Å². The maximum atomic E-state index is 12.8. The molecule has 1 aliphatic carbocycles. The van der Waals surface area contributed by atoms with E-state index in [1.165, 1.54) is 30.3 Å². The van der Waals surface area contributed by atoms with Crippen LogP contribution in [0.25, 0.3) is 51.2 Å². The van der Waals surface area contributed by atoms with Crippen LogP contribution >= 0.6 is 0 Å². The predicted octanol–water partition coefficient (Wildman–Crippen LogP) is 22.5. The fourth-order valence-corrected chi connectivity index (χ4v) is 17.2. The lowest BCUT2D eigenvalue weighted by Gasteiger charge is -2.18. The lowest BCUT2D eigenvalue weighted by atomic mass is 10.0. The first-order valence-electron chi connectivity index (χ1n) is 49.1. The van der Waals surface area contributed by atoms with Crippen LogP contribution in [0.2, 0.25) is 0 Å². The third-order valence-electron chi connectivity index (χ3n) is 24.2. The summed E-state index contributed by atoms with van der Waals surface area (Å²) in [5.41, 5.74) is 16.6. The van der Waals surface area contributed by atoms with Gasteiger partial charge in [-0.25, -0.2) is 4.98 Å². The Balaban J connectivity index is 0.000000128. The highest BCUT2D eigenvalue weighted by atomic mass is 16.5. The van der Waals surface area contributed by atoms with E-state index in [2.05, 4.69) is 89.0 Å². The number of nitriles is 1. The van der Waals surface area contributed by atoms with Gasteiger partial charge in [0.2, 0.25) is 35.4 Å². The molecule has 6 aliphatic heterocycles. The van der Waals surface area contributed by atoms with Crippen LogP contribution in [-0.4, -0.2) is 125 Å². The molecule has 0 radical (unpaired) electrons. The molecular formula is C117H114N14O19. The molecule has 12 aromatic carbocycles. The van der Waals surface area contributed by atoms with Crippen molar-refractivity contribution in [3.63, 3.8) is 0 Å². The molecule has 766 valence electrons. The highest BCUT2D eigenvalue weighted by molar-refractivity contribution is 6.11. The Hall–Kier alpha value is -18.5. The lowest BCUT2D eigenvalue weighted by molar-refractivity contribution is -0.118. The number of hydrogen-bond acceptors (Lipinski definition) is 23. The number of anilines is 10. The molecule has 9 amide bonds. The largest absolute Gasteiger partial charge is 0.497 e. The van der Waals surface area contributed by atoms with Crippen LogP contribution in [0.3, 0.4) is 0 Å². The number of aromatic nitrogens is 3. The first kappa shape index (κ1) is 104. The van der Waals surface area contributed by atoms with Gasteiger partial charge in [-0.2, -0.15) is 10.4 Å². The number of carbonyl (C=O) groups excluding carboxylic acids is 9. The van der Waals surface area contributed by atoms with E-state index in [1.54, 1.807) is 144 Å². The Kier molecular flexibility index (Phi) is 33.4. The number of rotatable bonds is 18. The van der Waals surface area contributed by atoms with Crippen LogP contribution in [0.4, 0.5) is 56.9 Å². The monoisotopic (exact) mass is 2020 g/mol. The highest BCUT2D eigenvalue weighted by Crippen LogP contribution is 2.47. The number of amides is 9. The zero-order chi connectivity index (χ0) is 106. The van der Waals surface area contributed by atoms with E-state index in [0.29, 0.717) is 127 Å². The van der Waals surface area contributed by atoms with Crippen molar-refractivity contribution in [3.8, 4) is 80.3 Å². The van der Waals surface area contributed by atoms with E-state index >= 15 is 0 Å². The van der Waals surface area contributed by atoms with Gasteiger partial charge in [-0.1, -0.05) is 110 Å². The third-order valence-corrected chi connectivity index (χ3v) is 24.2. The second kappa shape index (κ2) is 48.0. The van der Waals surface area contributed by atoms with Crippen LogP contribution in [-0.2, 0) is 35.8 Å². The fraction of sp³-hybridized carbons (Fsp3) is 0.231. The first-order valence-corrected chi connectivity index (χ1v) is 49.1. The van der Waals surface area contributed by atoms with E-state index in [-0.39, 0.29) is 115 Å². The van der Waals surface area contributed by atoms with E-state index in [1.807, 2.05) is 186 Å². The molecule has 6 atom stereocenters. The topological polar surface area (TPSA) is 425 Å². The van der Waals surface area contributed by atoms with Gasteiger partial charge in [0.05, 0.1) is 139 Å². The summed E-state index contributed by atoms with van der Waals surface area (Å²) in [6.45, 7) is 19.1. The van der Waals surface area contributed by atoms with Crippen molar-refractivity contribution in [3.05, 3.63) is 313 Å². The number of aryl methyl sites for hydroxylation is 1. The summed E-state index contributed by atoms with van der Waals surface area (Å²) < 4.78 is 58.7. The second-order valence-corrected chi connectivity index (χ2v) is 36.9. The third kappa shape index (κ3) is 27.0. The minimum Gasteiger partial charge on any atom is -0.497 e. The van der Waals surface area contributed by atoms with Gasteiger partial charge in [0.1, 0.15) is 59.6 Å². The summed E-state index contributed by atoms with van der Waals surface area (Å²) >= 11 is 0. The van der Waals surface area contributed by atoms with Gasteiger partial charge in [-0.05, 0) is 225 Å². The minimum atomic E-state index is -0.347. The number of hydrogen-bond donors (Lipinski definition) is 10. The number of fused-ring (bicyclic) bond motifs is 7. The summed E-state index contributed by atoms with van der Waals surface area (Å²) in [5, 5.41) is 43.5. The van der Waals surface area contributed by atoms with E-state index < -0.39 is 0 Å². The number of benzene rings is 12. The van der Waals surface area contributed by atoms with Crippen LogP contribution in [0.5, 0.6) is 51.7 Å². The first-order chi connectivity index (χ1) is 72.4. The minimum absolute atomic E-state index is 0.00729. The summed E-state index contributed by atoms with van der Waals surface area (Å²) in [6, 6.07) is 77.4. The number of nitrogens with one attached hydrogen (secondary N) is 10. The number of carbonyl (C=O) groups is 9. The molecule has 33 nitrogen and oxygen atoms in total. The second-order valence-electron chi connectivity index (χ2n) is 36.9. The molecule has 0 unspecified atom stereocenters. The summed E-state index contributed by atoms with van der Waals surface area (Å²) in [5.74, 6) is 5.22. The van der Waals surface area contributed by atoms with Crippen LogP contribution in [0, 0.1) is 11.3 Å². The molecule has 2 aromatic heterocycles. The normalized spacial score (nSPS) is 16.8. The smallest absolute Gasteiger partial charge is 0.259 e. The van der Waals surface area contributed by atoms with Crippen molar-refractivity contribution in [1.82, 2.24) is 14.8 Å². The number of methoxy groups -OCH3 is 2. The molecule has 8 heterocycles. The Labute approximate surface area is 866 Å². The molecule has 21 rings (SSSR count). The number of para-hydroxylation sites is 6. The van der Waals surface area contributed by atoms with Crippen molar-refractivity contribution < 1.29 is 90.2 Å². The van der Waals surface area contributed by atoms with Crippen molar-refractivity contribution >= 4 is 139 Å². The molecule has 33 heteroatoms. The molecule has 7 aliphatic rings. The van der Waals surface area contributed by atoms with Gasteiger partial charge in [0, 0.05) is 81.2 Å². The van der Waals surface area contributed by atoms with Gasteiger partial charge in [-0.3, -0.25) is 47.8 Å². The molecular weight excluding hydrogens is 1910 g/mol. The zero-order valence-electron chi connectivity index (χ0n) is 84.5. The van der Waals surface area contributed by atoms with E-state index in [9.17, 15) is 43.2 Å². The molecule has 1 fully saturated rings. The maximum absolute atomic E-state index is 12.8. The Morgan fingerprint density at radius 2 is 0.833 bits per heavy atom. The van der Waals surface area contributed by atoms with Crippen LogP contribution in [0.1, 0.15) is 172 Å². The predicted molar refractivity (Wildman–Crippen MR) is 577 cm³/mol. The Bertz CT molecular complexity index is 7480. The van der Waals surface area contributed by atoms with Crippen molar-refractivity contribution in [2.75, 3.05) is 67.4 Å². The quantitative estimate of drug-likeness (QED) is 0.0357. The standard InChI is InChI=1S/C21H21N3O2.C20H17N3O4.C20H22N2O4.C19H20N2O3.C19H19NO3.C18H15N3O3/c1-12-10-19(25)22-17-5-3-4-15(21(17)26-12)14-8-9-18-16(11-14)20(13-6-7-13)23-24(18)2;1-12-8-18(24)23-16-7-3-6-15(19(16)27-12)20(25)22-14-5-2-4-13(9-14)17-10-21-11-26-17;1-12(2)25-15-7-4-6-14(11-15)21-20(24)16-8-5-9-17-19(16)26-13(3)10-18(23)22-17;1-12-10-18(22)21-17-9-5-8-16(19(17)24-12)13(2)20-14-6-4-7-15(11-14)23-3;1-13-12-18(21)20-17-5-3-4-15(19(17)23-13)9-6-14-7-10-16(22-2)11-8-14;1-11-9-16(22)21-15-4-2-3-14(17(15)24-11)18(23)20-13-7-5-12(10-19)6-8-13/h3-5,8-9,11-13H,6-7,10H2,1-2H3,(H,22,25);2-7,9-12H,8H2,1H3,(H,22,25)(H,23,24);4-9,11-13H,10H2,1-3H3,(H,21,24)(H,22,23);4-9,11-12,20H,2,10H2,1,3H3,(H,21,22);3-11,13H,12H2,1-2H3,(H,20,21);2-8,11H,9H2,1H3,(H,20,23)(H,21,22)/b;;;;9-6+;/t2*12-;13-;12-;13-;11-/m101001/s1. The summed E-state index contributed by atoms with van der Waals surface area (Å²) in [6.07, 6.45) is 9.75. The molecule has 1 saturated carbocycles. The van der Waals surface area contributed by atoms with Gasteiger partial charge in [0.25, 0.3) is 17.7 Å². The molecule has 150 heavy (non-hydrogen) atoms. The highest BCUT2D eigenvalue weighted by Gasteiger charge is 2.34. The Morgan fingerprint density at radius 3 is 1.30 bits per heavy atom. The van der Waals surface area contributed by atoms with E-state index in [4.69, 9.17) is 57.4 Å². The van der Waals surface area contributed by atoms with Crippen LogP contribution in [0.15, 0.2) is 272 Å². The molecule has 10 N–H and O–H groups in total. The van der Waals surface area contributed by atoms with E-state index in [0.717, 1.165) is 79.0 Å². The Morgan fingerprint density at radius 1 is 0.427 bits per heavy atom. The number of ether oxygens (including phenoxy) is 9. The average molecular weight is 2020 g/mol. The number of oxazole rings is 1. The summed E-state index contributed by atoms with van der Waals surface area (Å²) in [7, 11) is 5.28. The van der Waals surface area contributed by atoms with Gasteiger partial charge >= 0.3 is 0 Å². The molecule has 14 aromatic rings. The molecule has 0 spiro atoms. The van der Waals surface area contributed by atoms with Crippen molar-refractivity contribution in [2.45, 2.75) is 155 Å². The lowest BCUT2D eigenvalue weighted by Crippen LogP contribution is -2.18. The summed E-state index contributed by atoms with van der Waals surface area (Å²) in [4.78, 5) is 113. The van der Waals surface area contributed by atoms with Crippen molar-refractivity contribution in [1.29, 1.82) is 5.26 Å². The zero-order valence-corrected chi connectivity index (χ0v) is 84.5.